The van der Waals surface area contributed by atoms with Gasteiger partial charge in [-0.15, -0.1) is 0 Å². The van der Waals surface area contributed by atoms with Crippen molar-refractivity contribution in [3.63, 3.8) is 0 Å². The van der Waals surface area contributed by atoms with Gasteiger partial charge in [-0.3, -0.25) is 0 Å². The molecule has 0 saturated heterocycles. The van der Waals surface area contributed by atoms with Gasteiger partial charge in [0.25, 0.3) is 0 Å². The van der Waals surface area contributed by atoms with E-state index in [1.165, 1.54) is 0 Å². The van der Waals surface area contributed by atoms with E-state index in [0.717, 1.165) is 0 Å². The second-order valence-electron chi connectivity index (χ2n) is 3.22. The van der Waals surface area contributed by atoms with Gasteiger partial charge in [0, 0.05) is 12.5 Å². The molecule has 0 aromatic carbocycles. The summed E-state index contributed by atoms with van der Waals surface area (Å²) in [6, 6.07) is 0. The van der Waals surface area contributed by atoms with Crippen LogP contribution in [0.1, 0.15) is 6.42 Å². The van der Waals surface area contributed by atoms with Crippen molar-refractivity contribution in [1.29, 1.82) is 0 Å². The molecule has 0 bridgehead atoms. The number of aliphatic hydroxyl groups is 5. The highest BCUT2D eigenvalue weighted by Crippen LogP contribution is 2.25. The van der Waals surface area contributed by atoms with Crippen molar-refractivity contribution >= 4 is 0 Å². The zero-order valence-electron chi connectivity index (χ0n) is 6.54. The Morgan fingerprint density at radius 1 is 0.917 bits per heavy atom. The van der Waals surface area contributed by atoms with Gasteiger partial charge in [-0.25, -0.2) is 0 Å². The molecule has 1 aliphatic rings. The fourth-order valence-electron chi connectivity index (χ4n) is 1.48. The number of hydrogen-bond donors (Lipinski definition) is 5. The molecule has 0 heterocycles. The molecule has 1 rings (SSSR count). The lowest BCUT2D eigenvalue weighted by Crippen LogP contribution is -2.54. The van der Waals surface area contributed by atoms with E-state index in [4.69, 9.17) is 20.4 Å². The SMILES string of the molecule is OC[C@H]1CC(O)[C@@H](O)[C@@H](O)[C@@H]1O. The van der Waals surface area contributed by atoms with Crippen LogP contribution in [0.15, 0.2) is 0 Å². The summed E-state index contributed by atoms with van der Waals surface area (Å²) in [6.45, 7) is -0.304. The second kappa shape index (κ2) is 3.68. The molecule has 12 heavy (non-hydrogen) atoms. The fraction of sp³-hybridized carbons (Fsp3) is 1.00. The quantitative estimate of drug-likeness (QED) is 0.304. The summed E-state index contributed by atoms with van der Waals surface area (Å²) in [4.78, 5) is 0. The maximum atomic E-state index is 9.24. The average Bonchev–Trinajstić information content (AvgIpc) is 2.08. The fourth-order valence-corrected chi connectivity index (χ4v) is 1.48. The normalized spacial score (nSPS) is 49.2. The van der Waals surface area contributed by atoms with E-state index in [1.807, 2.05) is 0 Å². The van der Waals surface area contributed by atoms with Crippen molar-refractivity contribution in [1.82, 2.24) is 0 Å². The van der Waals surface area contributed by atoms with E-state index < -0.39 is 30.3 Å². The maximum absolute atomic E-state index is 9.24. The lowest BCUT2D eigenvalue weighted by atomic mass is 9.81. The molecule has 5 N–H and O–H groups in total. The minimum atomic E-state index is -1.37. The zero-order valence-corrected chi connectivity index (χ0v) is 6.54. The summed E-state index contributed by atoms with van der Waals surface area (Å²) < 4.78 is 0. The molecule has 1 unspecified atom stereocenters. The molecule has 0 aliphatic heterocycles. The highest BCUT2D eigenvalue weighted by Gasteiger charge is 2.41. The van der Waals surface area contributed by atoms with Gasteiger partial charge >= 0.3 is 0 Å². The lowest BCUT2D eigenvalue weighted by molar-refractivity contribution is -0.163. The van der Waals surface area contributed by atoms with Gasteiger partial charge in [-0.2, -0.15) is 0 Å². The largest absolute Gasteiger partial charge is 0.396 e. The standard InChI is InChI=1S/C7H14O5/c8-2-3-1-4(9)6(11)7(12)5(3)10/h3-12H,1-2H2/t3-,4?,5-,6-,7+/m1/s1. The van der Waals surface area contributed by atoms with Crippen LogP contribution in [0.4, 0.5) is 0 Å². The maximum Gasteiger partial charge on any atom is 0.109 e. The Hall–Kier alpha value is -0.200. The number of hydrogen-bond acceptors (Lipinski definition) is 5. The lowest BCUT2D eigenvalue weighted by Gasteiger charge is -2.37. The molecule has 72 valence electrons. The molecule has 0 radical (unpaired) electrons. The molecule has 0 aromatic rings. The summed E-state index contributed by atoms with van der Waals surface area (Å²) in [5.41, 5.74) is 0. The van der Waals surface area contributed by atoms with Crippen molar-refractivity contribution in [3.8, 4) is 0 Å². The van der Waals surface area contributed by atoms with Crippen LogP contribution in [0.2, 0.25) is 0 Å². The molecule has 1 fully saturated rings. The smallest absolute Gasteiger partial charge is 0.109 e. The van der Waals surface area contributed by atoms with E-state index in [9.17, 15) is 5.11 Å². The van der Waals surface area contributed by atoms with E-state index in [2.05, 4.69) is 0 Å². The zero-order chi connectivity index (χ0) is 9.30. The van der Waals surface area contributed by atoms with Crippen molar-refractivity contribution in [2.75, 3.05) is 6.61 Å². The number of rotatable bonds is 1. The summed E-state index contributed by atoms with van der Waals surface area (Å²) in [5, 5.41) is 45.3. The van der Waals surface area contributed by atoms with E-state index in [1.54, 1.807) is 0 Å². The van der Waals surface area contributed by atoms with Gasteiger partial charge in [0.15, 0.2) is 0 Å². The highest BCUT2D eigenvalue weighted by molar-refractivity contribution is 4.91. The molecular formula is C7H14O5. The predicted molar refractivity (Wildman–Crippen MR) is 39.2 cm³/mol. The van der Waals surface area contributed by atoms with Crippen LogP contribution in [0.25, 0.3) is 0 Å². The third-order valence-corrected chi connectivity index (χ3v) is 2.36. The summed E-state index contributed by atoms with van der Waals surface area (Å²) >= 11 is 0. The summed E-state index contributed by atoms with van der Waals surface area (Å²) in [7, 11) is 0. The Balaban J connectivity index is 2.63. The Kier molecular flexibility index (Phi) is 3.03. The summed E-state index contributed by atoms with van der Waals surface area (Å²) in [5.74, 6) is -0.557. The van der Waals surface area contributed by atoms with E-state index in [-0.39, 0.29) is 13.0 Å². The Labute approximate surface area is 69.9 Å². The first-order valence-corrected chi connectivity index (χ1v) is 3.91. The van der Waals surface area contributed by atoms with E-state index in [0.29, 0.717) is 0 Å². The van der Waals surface area contributed by atoms with Crippen LogP contribution >= 0.6 is 0 Å². The molecule has 1 aliphatic carbocycles. The van der Waals surface area contributed by atoms with Crippen LogP contribution in [0.3, 0.4) is 0 Å². The Morgan fingerprint density at radius 3 is 2.00 bits per heavy atom. The Morgan fingerprint density at radius 2 is 1.50 bits per heavy atom. The number of aliphatic hydroxyl groups excluding tert-OH is 5. The van der Waals surface area contributed by atoms with Crippen LogP contribution in [-0.2, 0) is 0 Å². The van der Waals surface area contributed by atoms with Crippen LogP contribution in [0, 0.1) is 5.92 Å². The minimum absolute atomic E-state index is 0.107. The average molecular weight is 178 g/mol. The molecule has 0 amide bonds. The second-order valence-corrected chi connectivity index (χ2v) is 3.22. The van der Waals surface area contributed by atoms with Crippen LogP contribution in [-0.4, -0.2) is 56.6 Å². The molecule has 5 atom stereocenters. The first-order valence-electron chi connectivity index (χ1n) is 3.91. The van der Waals surface area contributed by atoms with Crippen molar-refractivity contribution in [3.05, 3.63) is 0 Å². The van der Waals surface area contributed by atoms with Crippen molar-refractivity contribution < 1.29 is 25.5 Å². The van der Waals surface area contributed by atoms with Gasteiger partial charge in [0.2, 0.25) is 0 Å². The van der Waals surface area contributed by atoms with Crippen molar-refractivity contribution in [2.24, 2.45) is 5.92 Å². The monoisotopic (exact) mass is 178 g/mol. The van der Waals surface area contributed by atoms with Crippen LogP contribution in [0.5, 0.6) is 0 Å². The highest BCUT2D eigenvalue weighted by atomic mass is 16.4. The minimum Gasteiger partial charge on any atom is -0.396 e. The topological polar surface area (TPSA) is 101 Å². The third kappa shape index (κ3) is 1.60. The molecule has 1 saturated carbocycles. The predicted octanol–water partition coefficient (Wildman–Crippen LogP) is -2.56. The van der Waals surface area contributed by atoms with Gasteiger partial charge < -0.3 is 25.5 Å². The van der Waals surface area contributed by atoms with Gasteiger partial charge in [-0.1, -0.05) is 0 Å². The molecule has 0 spiro atoms. The third-order valence-electron chi connectivity index (χ3n) is 2.36. The van der Waals surface area contributed by atoms with Gasteiger partial charge in [0.1, 0.15) is 12.2 Å². The first-order chi connectivity index (χ1) is 5.57. The molecule has 5 nitrogen and oxygen atoms in total. The van der Waals surface area contributed by atoms with Gasteiger partial charge in [-0.05, 0) is 6.42 Å². The van der Waals surface area contributed by atoms with Crippen molar-refractivity contribution in [2.45, 2.75) is 30.8 Å². The molecule has 0 aromatic heterocycles. The van der Waals surface area contributed by atoms with E-state index >= 15 is 0 Å². The summed E-state index contributed by atoms with van der Waals surface area (Å²) in [6.07, 6.45) is -4.81. The van der Waals surface area contributed by atoms with Crippen LogP contribution < -0.4 is 0 Å². The van der Waals surface area contributed by atoms with Gasteiger partial charge in [0.05, 0.1) is 12.2 Å². The first kappa shape index (κ1) is 9.88. The molecular weight excluding hydrogens is 164 g/mol. The Bertz CT molecular complexity index is 146. The molecule has 5 heteroatoms.